The van der Waals surface area contributed by atoms with Crippen molar-refractivity contribution >= 4 is 11.8 Å². The molecule has 2 fully saturated rings. The summed E-state index contributed by atoms with van der Waals surface area (Å²) in [6, 6.07) is 10.0. The summed E-state index contributed by atoms with van der Waals surface area (Å²) in [5, 5.41) is 3.09. The summed E-state index contributed by atoms with van der Waals surface area (Å²) in [4.78, 5) is 27.2. The lowest BCUT2D eigenvalue weighted by Gasteiger charge is -2.35. The van der Waals surface area contributed by atoms with Crippen LogP contribution in [0.5, 0.6) is 0 Å². The zero-order valence-electron chi connectivity index (χ0n) is 15.3. The van der Waals surface area contributed by atoms with Crippen molar-refractivity contribution in [2.45, 2.75) is 45.1 Å². The van der Waals surface area contributed by atoms with E-state index < -0.39 is 0 Å². The van der Waals surface area contributed by atoms with Crippen LogP contribution in [0.1, 0.15) is 44.1 Å². The topological polar surface area (TPSA) is 49.4 Å². The predicted molar refractivity (Wildman–Crippen MR) is 101 cm³/mol. The number of nitrogens with one attached hydrogen (secondary N) is 1. The highest BCUT2D eigenvalue weighted by Crippen LogP contribution is 2.59. The number of allylic oxidation sites excluding steroid dienone is 2. The Morgan fingerprint density at radius 3 is 2.58 bits per heavy atom. The van der Waals surface area contributed by atoms with Gasteiger partial charge < -0.3 is 10.2 Å². The first-order chi connectivity index (χ1) is 12.7. The van der Waals surface area contributed by atoms with Crippen LogP contribution >= 0.6 is 0 Å². The zero-order valence-corrected chi connectivity index (χ0v) is 15.3. The molecule has 1 heterocycles. The van der Waals surface area contributed by atoms with E-state index in [1.807, 2.05) is 35.2 Å². The molecule has 1 aromatic carbocycles. The molecule has 1 saturated heterocycles. The molecule has 1 aliphatic heterocycles. The molecule has 4 heteroatoms. The monoisotopic (exact) mass is 352 g/mol. The van der Waals surface area contributed by atoms with Gasteiger partial charge in [0, 0.05) is 31.5 Å². The average molecular weight is 352 g/mol. The molecule has 1 N–H and O–H groups in total. The lowest BCUT2D eigenvalue weighted by atomic mass is 9.88. The Labute approximate surface area is 155 Å². The van der Waals surface area contributed by atoms with Crippen LogP contribution in [0.4, 0.5) is 0 Å². The number of carbonyl (C=O) groups excluding carboxylic acids is 2. The molecular weight excluding hydrogens is 324 g/mol. The molecular formula is C22H28N2O2. The van der Waals surface area contributed by atoms with Gasteiger partial charge >= 0.3 is 0 Å². The normalized spacial score (nSPS) is 26.5. The van der Waals surface area contributed by atoms with E-state index in [4.69, 9.17) is 0 Å². The van der Waals surface area contributed by atoms with E-state index in [2.05, 4.69) is 17.5 Å². The van der Waals surface area contributed by atoms with Crippen LogP contribution in [0.25, 0.3) is 0 Å². The van der Waals surface area contributed by atoms with Crippen molar-refractivity contribution in [3.63, 3.8) is 0 Å². The molecule has 26 heavy (non-hydrogen) atoms. The molecule has 0 bridgehead atoms. The van der Waals surface area contributed by atoms with E-state index >= 15 is 0 Å². The lowest BCUT2D eigenvalue weighted by molar-refractivity contribution is -0.137. The maximum Gasteiger partial charge on any atom is 0.226 e. The van der Waals surface area contributed by atoms with Crippen LogP contribution in [0, 0.1) is 17.3 Å². The van der Waals surface area contributed by atoms with Gasteiger partial charge in [-0.3, -0.25) is 9.59 Å². The predicted octanol–water partition coefficient (Wildman–Crippen LogP) is 3.29. The molecule has 1 saturated carbocycles. The summed E-state index contributed by atoms with van der Waals surface area (Å²) in [6.07, 6.45) is 10.2. The maximum absolute atomic E-state index is 12.7. The van der Waals surface area contributed by atoms with Crippen LogP contribution in [0.3, 0.4) is 0 Å². The summed E-state index contributed by atoms with van der Waals surface area (Å²) in [6.45, 7) is 2.25. The summed E-state index contributed by atoms with van der Waals surface area (Å²) < 4.78 is 0. The second-order valence-corrected chi connectivity index (χ2v) is 8.13. The third-order valence-electron chi connectivity index (χ3n) is 6.50. The third kappa shape index (κ3) is 3.55. The van der Waals surface area contributed by atoms with Gasteiger partial charge in [0.15, 0.2) is 0 Å². The molecule has 3 aliphatic rings. The van der Waals surface area contributed by atoms with Crippen LogP contribution in [0.15, 0.2) is 42.5 Å². The Kier molecular flexibility index (Phi) is 4.84. The van der Waals surface area contributed by atoms with Crippen LogP contribution in [-0.2, 0) is 16.1 Å². The Morgan fingerprint density at radius 1 is 1.12 bits per heavy atom. The van der Waals surface area contributed by atoms with Crippen LogP contribution in [-0.4, -0.2) is 29.8 Å². The Balaban J connectivity index is 1.25. The molecule has 138 valence electrons. The number of rotatable bonds is 4. The van der Waals surface area contributed by atoms with Gasteiger partial charge in [0.25, 0.3) is 0 Å². The lowest BCUT2D eigenvalue weighted by Crippen LogP contribution is -2.43. The van der Waals surface area contributed by atoms with Crippen molar-refractivity contribution in [3.05, 3.63) is 48.0 Å². The smallest absolute Gasteiger partial charge is 0.226 e. The molecule has 1 aromatic rings. The number of piperidine rings is 1. The molecule has 2 aliphatic carbocycles. The van der Waals surface area contributed by atoms with Crippen LogP contribution < -0.4 is 5.32 Å². The molecule has 0 radical (unpaired) electrons. The van der Waals surface area contributed by atoms with Gasteiger partial charge in [0.05, 0.1) is 0 Å². The number of carbonyl (C=O) groups is 2. The fraction of sp³-hybridized carbons (Fsp3) is 0.545. The quantitative estimate of drug-likeness (QED) is 0.846. The molecule has 2 unspecified atom stereocenters. The van der Waals surface area contributed by atoms with Crippen molar-refractivity contribution in [3.8, 4) is 0 Å². The molecule has 2 amide bonds. The summed E-state index contributed by atoms with van der Waals surface area (Å²) in [7, 11) is 0. The number of likely N-dealkylation sites (tertiary alicyclic amines) is 1. The van der Waals surface area contributed by atoms with Gasteiger partial charge in [-0.2, -0.15) is 0 Å². The van der Waals surface area contributed by atoms with Crippen molar-refractivity contribution < 1.29 is 9.59 Å². The number of amides is 2. The first-order valence-electron chi connectivity index (χ1n) is 9.93. The average Bonchev–Trinajstić information content (AvgIpc) is 3.41. The SMILES string of the molecule is O=C(NCc1ccccc1)C1CC12CCN(C(=O)C1CC=CCC1)CC2. The number of hydrogen-bond donors (Lipinski definition) is 1. The second kappa shape index (κ2) is 7.26. The van der Waals surface area contributed by atoms with E-state index in [9.17, 15) is 9.59 Å². The molecule has 0 aromatic heterocycles. The fourth-order valence-electron chi connectivity index (χ4n) is 4.63. The first kappa shape index (κ1) is 17.3. The van der Waals surface area contributed by atoms with Crippen molar-refractivity contribution in [2.75, 3.05) is 13.1 Å². The number of hydrogen-bond acceptors (Lipinski definition) is 2. The third-order valence-corrected chi connectivity index (χ3v) is 6.50. The highest BCUT2D eigenvalue weighted by Gasteiger charge is 2.58. The molecule has 1 spiro atoms. The maximum atomic E-state index is 12.7. The summed E-state index contributed by atoms with van der Waals surface area (Å²) in [5.74, 6) is 0.834. The van der Waals surface area contributed by atoms with Gasteiger partial charge in [-0.25, -0.2) is 0 Å². The first-order valence-corrected chi connectivity index (χ1v) is 9.93. The second-order valence-electron chi connectivity index (χ2n) is 8.13. The van der Waals surface area contributed by atoms with Gasteiger partial charge in [-0.1, -0.05) is 42.5 Å². The van der Waals surface area contributed by atoms with Gasteiger partial charge in [0.1, 0.15) is 0 Å². The molecule has 2 atom stereocenters. The Bertz CT molecular complexity index is 689. The standard InChI is InChI=1S/C22H28N2O2/c25-20(23-16-17-7-3-1-4-8-17)19-15-22(19)11-13-24(14-12-22)21(26)18-9-5-2-6-10-18/h1-5,7-8,18-19H,6,9-16H2,(H,23,25). The van der Waals surface area contributed by atoms with Crippen molar-refractivity contribution in [1.29, 1.82) is 0 Å². The van der Waals surface area contributed by atoms with Crippen molar-refractivity contribution in [2.24, 2.45) is 17.3 Å². The van der Waals surface area contributed by atoms with Crippen LogP contribution in [0.2, 0.25) is 0 Å². The number of benzene rings is 1. The van der Waals surface area contributed by atoms with Gasteiger partial charge in [-0.05, 0) is 49.5 Å². The van der Waals surface area contributed by atoms with Gasteiger partial charge in [0.2, 0.25) is 11.8 Å². The minimum Gasteiger partial charge on any atom is -0.352 e. The highest BCUT2D eigenvalue weighted by molar-refractivity contribution is 5.83. The minimum absolute atomic E-state index is 0.140. The fourth-order valence-corrected chi connectivity index (χ4v) is 4.63. The van der Waals surface area contributed by atoms with E-state index in [1.165, 1.54) is 0 Å². The van der Waals surface area contributed by atoms with E-state index in [1.54, 1.807) is 0 Å². The van der Waals surface area contributed by atoms with Gasteiger partial charge in [-0.15, -0.1) is 0 Å². The largest absolute Gasteiger partial charge is 0.352 e. The Morgan fingerprint density at radius 2 is 1.88 bits per heavy atom. The molecule has 4 rings (SSSR count). The van der Waals surface area contributed by atoms with E-state index in [0.717, 1.165) is 57.2 Å². The Hall–Kier alpha value is -2.10. The highest BCUT2D eigenvalue weighted by atomic mass is 16.2. The summed E-state index contributed by atoms with van der Waals surface area (Å²) in [5.41, 5.74) is 1.29. The van der Waals surface area contributed by atoms with E-state index in [-0.39, 0.29) is 23.2 Å². The number of nitrogens with zero attached hydrogens (tertiary/aromatic N) is 1. The zero-order chi connectivity index (χ0) is 18.0. The summed E-state index contributed by atoms with van der Waals surface area (Å²) >= 11 is 0. The molecule has 4 nitrogen and oxygen atoms in total. The van der Waals surface area contributed by atoms with Crippen molar-refractivity contribution in [1.82, 2.24) is 10.2 Å². The van der Waals surface area contributed by atoms with E-state index in [0.29, 0.717) is 12.5 Å². The minimum atomic E-state index is 0.140.